The zero-order valence-corrected chi connectivity index (χ0v) is 9.60. The van der Waals surface area contributed by atoms with Crippen LogP contribution in [0.3, 0.4) is 0 Å². The van der Waals surface area contributed by atoms with Gasteiger partial charge in [-0.1, -0.05) is 6.92 Å². The number of hydrogen-bond acceptors (Lipinski definition) is 5. The number of thiophene rings is 1. The van der Waals surface area contributed by atoms with Gasteiger partial charge in [0.1, 0.15) is 4.83 Å². The monoisotopic (exact) mass is 223 g/mol. The summed E-state index contributed by atoms with van der Waals surface area (Å²) in [4.78, 5) is 9.65. The lowest BCUT2D eigenvalue weighted by Gasteiger charge is -2.05. The highest BCUT2D eigenvalue weighted by atomic mass is 32.1. The maximum absolute atomic E-state index is 5.22. The van der Waals surface area contributed by atoms with Crippen molar-refractivity contribution in [3.63, 3.8) is 0 Å². The molecule has 15 heavy (non-hydrogen) atoms. The van der Waals surface area contributed by atoms with Crippen LogP contribution in [0.25, 0.3) is 10.2 Å². The van der Waals surface area contributed by atoms with Crippen LogP contribution in [-0.2, 0) is 0 Å². The van der Waals surface area contributed by atoms with E-state index in [2.05, 4.69) is 22.2 Å². The van der Waals surface area contributed by atoms with Crippen molar-refractivity contribution >= 4 is 27.5 Å². The molecule has 4 nitrogen and oxygen atoms in total. The Hall–Kier alpha value is -1.36. The van der Waals surface area contributed by atoms with Crippen LogP contribution in [0.1, 0.15) is 13.3 Å². The second-order valence-electron chi connectivity index (χ2n) is 3.12. The van der Waals surface area contributed by atoms with Crippen LogP contribution < -0.4 is 10.1 Å². The van der Waals surface area contributed by atoms with Gasteiger partial charge in [-0.3, -0.25) is 0 Å². The molecule has 0 radical (unpaired) electrons. The van der Waals surface area contributed by atoms with E-state index in [-0.39, 0.29) is 0 Å². The van der Waals surface area contributed by atoms with Crippen molar-refractivity contribution in [2.45, 2.75) is 13.3 Å². The number of nitrogens with one attached hydrogen (secondary N) is 1. The van der Waals surface area contributed by atoms with Crippen molar-refractivity contribution in [1.82, 2.24) is 9.97 Å². The van der Waals surface area contributed by atoms with Crippen molar-refractivity contribution in [2.75, 3.05) is 19.0 Å². The van der Waals surface area contributed by atoms with Gasteiger partial charge in [0.2, 0.25) is 11.8 Å². The summed E-state index contributed by atoms with van der Waals surface area (Å²) < 4.78 is 5.22. The van der Waals surface area contributed by atoms with E-state index in [4.69, 9.17) is 4.74 Å². The van der Waals surface area contributed by atoms with Crippen LogP contribution >= 0.6 is 11.3 Å². The maximum Gasteiger partial charge on any atom is 0.227 e. The summed E-state index contributed by atoms with van der Waals surface area (Å²) in [6, 6.07) is 1.97. The minimum atomic E-state index is 0.639. The lowest BCUT2D eigenvalue weighted by Crippen LogP contribution is -2.04. The predicted octanol–water partition coefficient (Wildman–Crippen LogP) is 2.52. The van der Waals surface area contributed by atoms with Gasteiger partial charge in [0.25, 0.3) is 0 Å². The van der Waals surface area contributed by atoms with Crippen LogP contribution in [0, 0.1) is 0 Å². The van der Waals surface area contributed by atoms with Gasteiger partial charge in [0.15, 0.2) is 0 Å². The molecule has 80 valence electrons. The summed E-state index contributed by atoms with van der Waals surface area (Å²) >= 11 is 1.59. The van der Waals surface area contributed by atoms with Crippen molar-refractivity contribution in [3.05, 3.63) is 11.4 Å². The van der Waals surface area contributed by atoms with Crippen LogP contribution in [0.15, 0.2) is 11.4 Å². The molecular weight excluding hydrogens is 210 g/mol. The van der Waals surface area contributed by atoms with Gasteiger partial charge >= 0.3 is 0 Å². The molecule has 0 bridgehead atoms. The minimum absolute atomic E-state index is 0.639. The molecule has 2 aromatic heterocycles. The summed E-state index contributed by atoms with van der Waals surface area (Å²) in [5, 5.41) is 6.12. The second-order valence-corrected chi connectivity index (χ2v) is 4.02. The van der Waals surface area contributed by atoms with Crippen LogP contribution in [-0.4, -0.2) is 23.6 Å². The molecule has 0 aromatic carbocycles. The minimum Gasteiger partial charge on any atom is -0.480 e. The molecule has 0 amide bonds. The van der Waals surface area contributed by atoms with Gasteiger partial charge in [0, 0.05) is 6.54 Å². The van der Waals surface area contributed by atoms with E-state index in [0.29, 0.717) is 11.8 Å². The van der Waals surface area contributed by atoms with Crippen LogP contribution in [0.4, 0.5) is 5.95 Å². The first-order valence-corrected chi connectivity index (χ1v) is 5.76. The third kappa shape index (κ3) is 2.02. The number of ether oxygens (including phenoxy) is 1. The quantitative estimate of drug-likeness (QED) is 0.865. The number of anilines is 1. The van der Waals surface area contributed by atoms with Crippen molar-refractivity contribution in [1.29, 1.82) is 0 Å². The predicted molar refractivity (Wildman–Crippen MR) is 62.7 cm³/mol. The van der Waals surface area contributed by atoms with Gasteiger partial charge in [-0.15, -0.1) is 11.3 Å². The number of fused-ring (bicyclic) bond motifs is 1. The molecule has 2 heterocycles. The first-order chi connectivity index (χ1) is 7.35. The van der Waals surface area contributed by atoms with Crippen LogP contribution in [0.5, 0.6) is 5.88 Å². The maximum atomic E-state index is 5.22. The number of methoxy groups -OCH3 is 1. The van der Waals surface area contributed by atoms with Gasteiger partial charge in [-0.25, -0.2) is 4.98 Å². The Balaban J connectivity index is 2.40. The molecule has 5 heteroatoms. The lowest BCUT2D eigenvalue weighted by molar-refractivity contribution is 0.403. The Morgan fingerprint density at radius 1 is 1.47 bits per heavy atom. The Bertz CT molecular complexity index is 455. The van der Waals surface area contributed by atoms with E-state index in [1.807, 2.05) is 11.4 Å². The fourth-order valence-electron chi connectivity index (χ4n) is 1.30. The highest BCUT2D eigenvalue weighted by Gasteiger charge is 2.08. The molecular formula is C10H13N3OS. The molecule has 0 atom stereocenters. The molecule has 0 fully saturated rings. The van der Waals surface area contributed by atoms with Crippen molar-refractivity contribution < 1.29 is 4.74 Å². The zero-order chi connectivity index (χ0) is 10.7. The SMILES string of the molecule is CCCNc1nc(OC)c2ccsc2n1. The topological polar surface area (TPSA) is 47.0 Å². The van der Waals surface area contributed by atoms with E-state index in [1.54, 1.807) is 18.4 Å². The summed E-state index contributed by atoms with van der Waals surface area (Å²) in [7, 11) is 1.63. The number of hydrogen-bond donors (Lipinski definition) is 1. The van der Waals surface area contributed by atoms with E-state index in [0.717, 1.165) is 23.2 Å². The molecule has 2 aromatic rings. The highest BCUT2D eigenvalue weighted by Crippen LogP contribution is 2.27. The number of nitrogens with zero attached hydrogens (tertiary/aromatic N) is 2. The van der Waals surface area contributed by atoms with Gasteiger partial charge in [-0.05, 0) is 17.9 Å². The molecule has 1 N–H and O–H groups in total. The third-order valence-electron chi connectivity index (χ3n) is 2.02. The number of aromatic nitrogens is 2. The second kappa shape index (κ2) is 4.44. The molecule has 2 rings (SSSR count). The molecule has 0 saturated heterocycles. The molecule has 0 saturated carbocycles. The summed E-state index contributed by atoms with van der Waals surface area (Å²) in [5.74, 6) is 1.28. The van der Waals surface area contributed by atoms with Gasteiger partial charge in [0.05, 0.1) is 12.5 Å². The Kier molecular flexibility index (Phi) is 3.01. The fraction of sp³-hybridized carbons (Fsp3) is 0.400. The average molecular weight is 223 g/mol. The van der Waals surface area contributed by atoms with E-state index >= 15 is 0 Å². The largest absolute Gasteiger partial charge is 0.480 e. The average Bonchev–Trinajstić information content (AvgIpc) is 2.73. The summed E-state index contributed by atoms with van der Waals surface area (Å²) in [6.45, 7) is 2.98. The van der Waals surface area contributed by atoms with Gasteiger partial charge < -0.3 is 10.1 Å². The smallest absolute Gasteiger partial charge is 0.227 e. The fourth-order valence-corrected chi connectivity index (χ4v) is 2.05. The molecule has 0 unspecified atom stereocenters. The molecule has 0 aliphatic heterocycles. The van der Waals surface area contributed by atoms with E-state index in [9.17, 15) is 0 Å². The normalized spacial score (nSPS) is 10.5. The Morgan fingerprint density at radius 3 is 3.07 bits per heavy atom. The first kappa shape index (κ1) is 10.2. The Morgan fingerprint density at radius 2 is 2.33 bits per heavy atom. The Labute approximate surface area is 92.3 Å². The molecule has 0 aliphatic carbocycles. The molecule has 0 spiro atoms. The van der Waals surface area contributed by atoms with E-state index in [1.165, 1.54) is 0 Å². The van der Waals surface area contributed by atoms with Crippen molar-refractivity contribution in [2.24, 2.45) is 0 Å². The lowest BCUT2D eigenvalue weighted by atomic mass is 10.4. The van der Waals surface area contributed by atoms with E-state index < -0.39 is 0 Å². The van der Waals surface area contributed by atoms with Crippen molar-refractivity contribution in [3.8, 4) is 5.88 Å². The van der Waals surface area contributed by atoms with Gasteiger partial charge in [-0.2, -0.15) is 4.98 Å². The first-order valence-electron chi connectivity index (χ1n) is 4.88. The summed E-state index contributed by atoms with van der Waals surface area (Å²) in [6.07, 6.45) is 1.05. The highest BCUT2D eigenvalue weighted by molar-refractivity contribution is 7.16. The standard InChI is InChI=1S/C10H13N3OS/c1-3-5-11-10-12-8(14-2)7-4-6-15-9(7)13-10/h4,6H,3,5H2,1-2H3,(H,11,12,13). The molecule has 0 aliphatic rings. The van der Waals surface area contributed by atoms with Crippen LogP contribution in [0.2, 0.25) is 0 Å². The number of rotatable bonds is 4. The summed E-state index contributed by atoms with van der Waals surface area (Å²) in [5.41, 5.74) is 0. The third-order valence-corrected chi connectivity index (χ3v) is 2.82. The zero-order valence-electron chi connectivity index (χ0n) is 8.78.